The van der Waals surface area contributed by atoms with Crippen LogP contribution in [0.2, 0.25) is 5.02 Å². The van der Waals surface area contributed by atoms with Crippen LogP contribution in [-0.2, 0) is 6.42 Å². The minimum Gasteiger partial charge on any atom is -0.330 e. The molecule has 0 aliphatic heterocycles. The van der Waals surface area contributed by atoms with Crippen LogP contribution < -0.4 is 5.73 Å². The van der Waals surface area contributed by atoms with Gasteiger partial charge in [-0.1, -0.05) is 54.4 Å². The van der Waals surface area contributed by atoms with Crippen LogP contribution in [0.25, 0.3) is 0 Å². The number of nitrogens with two attached hydrogens (primary N) is 1. The molecule has 2 N–H and O–H groups in total. The van der Waals surface area contributed by atoms with Crippen LogP contribution in [0.4, 0.5) is 0 Å². The molecule has 0 amide bonds. The van der Waals surface area contributed by atoms with Crippen LogP contribution in [0.5, 0.6) is 0 Å². The zero-order valence-electron chi connectivity index (χ0n) is 13.3. The van der Waals surface area contributed by atoms with E-state index < -0.39 is 0 Å². The second-order valence-electron chi connectivity index (χ2n) is 7.57. The molecule has 1 fully saturated rings. The van der Waals surface area contributed by atoms with Crippen molar-refractivity contribution >= 4 is 27.5 Å². The Morgan fingerprint density at radius 3 is 2.52 bits per heavy atom. The molecule has 1 aromatic carbocycles. The van der Waals surface area contributed by atoms with E-state index in [0.717, 1.165) is 28.4 Å². The van der Waals surface area contributed by atoms with E-state index in [1.54, 1.807) is 0 Å². The summed E-state index contributed by atoms with van der Waals surface area (Å²) in [5.74, 6) is 2.09. The summed E-state index contributed by atoms with van der Waals surface area (Å²) in [4.78, 5) is 0. The fourth-order valence-electron chi connectivity index (χ4n) is 3.64. The van der Waals surface area contributed by atoms with Crippen molar-refractivity contribution in [3.63, 3.8) is 0 Å². The van der Waals surface area contributed by atoms with Crippen LogP contribution in [0, 0.1) is 23.2 Å². The topological polar surface area (TPSA) is 26.0 Å². The van der Waals surface area contributed by atoms with Crippen molar-refractivity contribution in [2.45, 2.75) is 46.5 Å². The van der Waals surface area contributed by atoms with Gasteiger partial charge in [0.05, 0.1) is 0 Å². The van der Waals surface area contributed by atoms with Gasteiger partial charge >= 0.3 is 0 Å². The summed E-state index contributed by atoms with van der Waals surface area (Å²) in [5.41, 5.74) is 7.68. The number of halogens is 2. The second kappa shape index (κ2) is 7.02. The maximum absolute atomic E-state index is 6.40. The molecule has 3 atom stereocenters. The van der Waals surface area contributed by atoms with E-state index in [1.165, 1.54) is 24.8 Å². The van der Waals surface area contributed by atoms with Gasteiger partial charge in [0, 0.05) is 9.50 Å². The van der Waals surface area contributed by atoms with E-state index in [1.807, 2.05) is 6.07 Å². The van der Waals surface area contributed by atoms with Crippen molar-refractivity contribution in [2.24, 2.45) is 28.9 Å². The molecule has 3 heteroatoms. The Kier molecular flexibility index (Phi) is 5.78. The lowest BCUT2D eigenvalue weighted by Gasteiger charge is -2.42. The molecular weight excluding hydrogens is 346 g/mol. The Labute approximate surface area is 142 Å². The van der Waals surface area contributed by atoms with Gasteiger partial charge in [0.2, 0.25) is 0 Å². The van der Waals surface area contributed by atoms with E-state index >= 15 is 0 Å². The van der Waals surface area contributed by atoms with Gasteiger partial charge in [-0.3, -0.25) is 0 Å². The largest absolute Gasteiger partial charge is 0.330 e. The molecule has 2 rings (SSSR count). The molecule has 0 aromatic heterocycles. The molecule has 1 aliphatic carbocycles. The zero-order chi connectivity index (χ0) is 15.6. The van der Waals surface area contributed by atoms with Crippen molar-refractivity contribution in [1.82, 2.24) is 0 Å². The van der Waals surface area contributed by atoms with E-state index in [9.17, 15) is 0 Å². The van der Waals surface area contributed by atoms with E-state index in [0.29, 0.717) is 17.3 Å². The monoisotopic (exact) mass is 371 g/mol. The Hall–Kier alpha value is -0.0500. The fourth-order valence-corrected chi connectivity index (χ4v) is 4.39. The molecule has 0 saturated heterocycles. The van der Waals surface area contributed by atoms with Crippen LogP contribution >= 0.6 is 27.5 Å². The summed E-state index contributed by atoms with van der Waals surface area (Å²) in [6, 6.07) is 6.24. The highest BCUT2D eigenvalue weighted by Crippen LogP contribution is 2.44. The molecule has 0 radical (unpaired) electrons. The number of hydrogen-bond acceptors (Lipinski definition) is 1. The lowest BCUT2D eigenvalue weighted by molar-refractivity contribution is 0.101. The second-order valence-corrected chi connectivity index (χ2v) is 8.89. The predicted octanol–water partition coefficient (Wildman–Crippen LogP) is 5.68. The van der Waals surface area contributed by atoms with E-state index in [2.05, 4.69) is 48.8 Å². The molecule has 1 nitrogen and oxygen atoms in total. The van der Waals surface area contributed by atoms with E-state index in [-0.39, 0.29) is 0 Å². The molecule has 1 aromatic rings. The Balaban J connectivity index is 2.14. The van der Waals surface area contributed by atoms with Gasteiger partial charge in [0.25, 0.3) is 0 Å². The highest BCUT2D eigenvalue weighted by Gasteiger charge is 2.35. The number of benzene rings is 1. The van der Waals surface area contributed by atoms with Gasteiger partial charge in [-0.15, -0.1) is 0 Å². The molecule has 0 bridgehead atoms. The first-order chi connectivity index (χ1) is 9.81. The summed E-state index contributed by atoms with van der Waals surface area (Å²) in [6.45, 7) is 7.90. The molecule has 3 unspecified atom stereocenters. The first-order valence-electron chi connectivity index (χ1n) is 7.95. The average Bonchev–Trinajstić information content (AvgIpc) is 2.41. The van der Waals surface area contributed by atoms with Crippen molar-refractivity contribution in [2.75, 3.05) is 6.54 Å². The molecule has 0 heterocycles. The quantitative estimate of drug-likeness (QED) is 0.725. The Bertz CT molecular complexity index is 481. The summed E-state index contributed by atoms with van der Waals surface area (Å²) in [6.07, 6.45) is 4.91. The Morgan fingerprint density at radius 2 is 1.95 bits per heavy atom. The summed E-state index contributed by atoms with van der Waals surface area (Å²) in [7, 11) is 0. The highest BCUT2D eigenvalue weighted by atomic mass is 79.9. The Morgan fingerprint density at radius 1 is 1.24 bits per heavy atom. The van der Waals surface area contributed by atoms with Gasteiger partial charge < -0.3 is 5.73 Å². The lowest BCUT2D eigenvalue weighted by atomic mass is 9.64. The third-order valence-electron chi connectivity index (χ3n) is 5.16. The third kappa shape index (κ3) is 4.46. The van der Waals surface area contributed by atoms with Gasteiger partial charge in [-0.25, -0.2) is 0 Å². The molecule has 118 valence electrons. The average molecular weight is 373 g/mol. The first kappa shape index (κ1) is 17.3. The standard InChI is InChI=1S/C18H27BrClN/c1-18(2,3)15-6-4-13(11-21)14(9-15)8-12-5-7-16(19)10-17(12)20/h5,7,10,13-15H,4,6,8-9,11,21H2,1-3H3. The van der Waals surface area contributed by atoms with Crippen LogP contribution in [-0.4, -0.2) is 6.54 Å². The normalized spacial score (nSPS) is 26.9. The maximum atomic E-state index is 6.40. The molecule has 21 heavy (non-hydrogen) atoms. The zero-order valence-corrected chi connectivity index (χ0v) is 15.7. The smallest absolute Gasteiger partial charge is 0.0449 e. The lowest BCUT2D eigenvalue weighted by Crippen LogP contribution is -2.36. The molecule has 1 aliphatic rings. The van der Waals surface area contributed by atoms with Crippen LogP contribution in [0.3, 0.4) is 0 Å². The van der Waals surface area contributed by atoms with Gasteiger partial charge in [-0.05, 0) is 73.1 Å². The first-order valence-corrected chi connectivity index (χ1v) is 9.12. The van der Waals surface area contributed by atoms with Crippen LogP contribution in [0.1, 0.15) is 45.6 Å². The summed E-state index contributed by atoms with van der Waals surface area (Å²) < 4.78 is 1.04. The van der Waals surface area contributed by atoms with Crippen molar-refractivity contribution in [1.29, 1.82) is 0 Å². The summed E-state index contributed by atoms with van der Waals surface area (Å²) in [5, 5.41) is 0.873. The minimum atomic E-state index is 0.390. The summed E-state index contributed by atoms with van der Waals surface area (Å²) >= 11 is 9.88. The van der Waals surface area contributed by atoms with Crippen LogP contribution in [0.15, 0.2) is 22.7 Å². The van der Waals surface area contributed by atoms with E-state index in [4.69, 9.17) is 17.3 Å². The van der Waals surface area contributed by atoms with Crippen molar-refractivity contribution < 1.29 is 0 Å². The molecular formula is C18H27BrClN. The molecule has 0 spiro atoms. The SMILES string of the molecule is CC(C)(C)C1CCC(CN)C(Cc2ccc(Br)cc2Cl)C1. The van der Waals surface area contributed by atoms with Gasteiger partial charge in [0.1, 0.15) is 0 Å². The van der Waals surface area contributed by atoms with Crippen molar-refractivity contribution in [3.05, 3.63) is 33.3 Å². The number of rotatable bonds is 3. The highest BCUT2D eigenvalue weighted by molar-refractivity contribution is 9.10. The number of hydrogen-bond donors (Lipinski definition) is 1. The third-order valence-corrected chi connectivity index (χ3v) is 6.01. The fraction of sp³-hybridized carbons (Fsp3) is 0.667. The molecule has 1 saturated carbocycles. The minimum absolute atomic E-state index is 0.390. The maximum Gasteiger partial charge on any atom is 0.0449 e. The van der Waals surface area contributed by atoms with Gasteiger partial charge in [0.15, 0.2) is 0 Å². The van der Waals surface area contributed by atoms with Gasteiger partial charge in [-0.2, -0.15) is 0 Å². The predicted molar refractivity (Wildman–Crippen MR) is 95.7 cm³/mol. The van der Waals surface area contributed by atoms with Crippen molar-refractivity contribution in [3.8, 4) is 0 Å².